The molecule has 25 heavy (non-hydrogen) atoms. The number of aliphatic hydroxyl groups is 1. The van der Waals surface area contributed by atoms with Crippen molar-refractivity contribution in [3.8, 4) is 16.9 Å². The van der Waals surface area contributed by atoms with Gasteiger partial charge in [0.2, 0.25) is 0 Å². The third-order valence-electron chi connectivity index (χ3n) is 3.51. The number of hydrogen-bond donors (Lipinski definition) is 5. The topological polar surface area (TPSA) is 119 Å². The number of benzene rings is 2. The van der Waals surface area contributed by atoms with Gasteiger partial charge in [-0.15, -0.1) is 0 Å². The molecule has 0 aliphatic rings. The van der Waals surface area contributed by atoms with Crippen LogP contribution in [-0.4, -0.2) is 39.4 Å². The van der Waals surface area contributed by atoms with Crippen molar-refractivity contribution < 1.29 is 25.0 Å². The van der Waals surface area contributed by atoms with Crippen LogP contribution in [0.25, 0.3) is 11.1 Å². The minimum atomic E-state index is -1.26. The molecule has 0 aliphatic carbocycles. The average molecular weight is 346 g/mol. The SMILES string of the molecule is C.C[C@@H](O)[C@H](NC(=O)c1ccc(-c2ccc(O)cc2)cc1)C(=O)NO. The number of aliphatic hydroxyl groups excluding tert-OH is 1. The van der Waals surface area contributed by atoms with Crippen LogP contribution in [0.5, 0.6) is 5.75 Å². The molecule has 2 rings (SSSR count). The Labute approximate surface area is 145 Å². The highest BCUT2D eigenvalue weighted by molar-refractivity contribution is 5.97. The molecule has 2 aromatic carbocycles. The van der Waals surface area contributed by atoms with Gasteiger partial charge in [-0.3, -0.25) is 14.8 Å². The van der Waals surface area contributed by atoms with E-state index in [1.165, 1.54) is 12.4 Å². The molecule has 0 heterocycles. The number of phenolic OH excluding ortho intramolecular Hbond substituents is 1. The number of nitrogens with one attached hydrogen (secondary N) is 2. The Morgan fingerprint density at radius 1 is 0.960 bits per heavy atom. The molecule has 7 heteroatoms. The van der Waals surface area contributed by atoms with Gasteiger partial charge < -0.3 is 15.5 Å². The van der Waals surface area contributed by atoms with Crippen LogP contribution in [0.4, 0.5) is 0 Å². The van der Waals surface area contributed by atoms with Crippen LogP contribution in [0, 0.1) is 0 Å². The van der Waals surface area contributed by atoms with E-state index in [2.05, 4.69) is 5.32 Å². The molecule has 0 bridgehead atoms. The van der Waals surface area contributed by atoms with Gasteiger partial charge in [0.15, 0.2) is 0 Å². The normalized spacial score (nSPS) is 12.4. The molecule has 0 aliphatic heterocycles. The number of rotatable bonds is 5. The van der Waals surface area contributed by atoms with E-state index in [0.29, 0.717) is 5.56 Å². The summed E-state index contributed by atoms with van der Waals surface area (Å²) in [5, 5.41) is 29.8. The molecule has 0 aromatic heterocycles. The molecular weight excluding hydrogens is 324 g/mol. The standard InChI is InChI=1S/C17H18N2O5.CH4/c1-10(20)15(17(23)19-24)18-16(22)13-4-2-11(3-5-13)12-6-8-14(21)9-7-12;/h2-10,15,20-21,24H,1H3,(H,18,22)(H,19,23);1H4/t10-,15+;/m1./s1. The number of aromatic hydroxyl groups is 1. The average Bonchev–Trinajstić information content (AvgIpc) is 2.59. The smallest absolute Gasteiger partial charge is 0.268 e. The minimum Gasteiger partial charge on any atom is -0.508 e. The zero-order chi connectivity index (χ0) is 17.7. The predicted molar refractivity (Wildman–Crippen MR) is 93.1 cm³/mol. The van der Waals surface area contributed by atoms with Crippen LogP contribution < -0.4 is 10.8 Å². The van der Waals surface area contributed by atoms with Gasteiger partial charge in [0, 0.05) is 5.56 Å². The summed E-state index contributed by atoms with van der Waals surface area (Å²) in [6.45, 7) is 1.33. The fourth-order valence-corrected chi connectivity index (χ4v) is 2.17. The quantitative estimate of drug-likeness (QED) is 0.417. The van der Waals surface area contributed by atoms with Gasteiger partial charge in [0.05, 0.1) is 6.10 Å². The van der Waals surface area contributed by atoms with Gasteiger partial charge in [-0.1, -0.05) is 31.7 Å². The minimum absolute atomic E-state index is 0. The van der Waals surface area contributed by atoms with E-state index >= 15 is 0 Å². The highest BCUT2D eigenvalue weighted by atomic mass is 16.5. The van der Waals surface area contributed by atoms with Crippen molar-refractivity contribution in [2.45, 2.75) is 26.5 Å². The Morgan fingerprint density at radius 2 is 1.44 bits per heavy atom. The Bertz CT molecular complexity index is 711. The highest BCUT2D eigenvalue weighted by Crippen LogP contribution is 2.22. The lowest BCUT2D eigenvalue weighted by Crippen LogP contribution is -2.51. The first-order valence-corrected chi connectivity index (χ1v) is 7.24. The van der Waals surface area contributed by atoms with Crippen LogP contribution in [0.2, 0.25) is 0 Å². The Morgan fingerprint density at radius 3 is 1.88 bits per heavy atom. The van der Waals surface area contributed by atoms with E-state index in [9.17, 15) is 19.8 Å². The summed E-state index contributed by atoms with van der Waals surface area (Å²) in [5.74, 6) is -1.29. The zero-order valence-electron chi connectivity index (χ0n) is 12.9. The van der Waals surface area contributed by atoms with Crippen molar-refractivity contribution >= 4 is 11.8 Å². The summed E-state index contributed by atoms with van der Waals surface area (Å²) in [7, 11) is 0. The summed E-state index contributed by atoms with van der Waals surface area (Å²) >= 11 is 0. The number of amides is 2. The largest absolute Gasteiger partial charge is 0.508 e. The molecule has 134 valence electrons. The molecular formula is C18H22N2O5. The van der Waals surface area contributed by atoms with E-state index in [1.54, 1.807) is 48.5 Å². The van der Waals surface area contributed by atoms with Crippen molar-refractivity contribution in [3.05, 3.63) is 54.1 Å². The first-order valence-electron chi connectivity index (χ1n) is 7.24. The highest BCUT2D eigenvalue weighted by Gasteiger charge is 2.25. The van der Waals surface area contributed by atoms with Crippen molar-refractivity contribution in [2.24, 2.45) is 0 Å². The molecule has 2 aromatic rings. The molecule has 0 spiro atoms. The Balaban J connectivity index is 0.00000312. The summed E-state index contributed by atoms with van der Waals surface area (Å²) < 4.78 is 0. The van der Waals surface area contributed by atoms with Crippen molar-refractivity contribution in [1.29, 1.82) is 0 Å². The van der Waals surface area contributed by atoms with Crippen LogP contribution in [0.3, 0.4) is 0 Å². The number of carbonyl (C=O) groups excluding carboxylic acids is 2. The molecule has 5 N–H and O–H groups in total. The monoisotopic (exact) mass is 346 g/mol. The molecule has 2 amide bonds. The van der Waals surface area contributed by atoms with Crippen LogP contribution >= 0.6 is 0 Å². The van der Waals surface area contributed by atoms with Gasteiger partial charge in [0.25, 0.3) is 11.8 Å². The van der Waals surface area contributed by atoms with Crippen molar-refractivity contribution in [2.75, 3.05) is 0 Å². The van der Waals surface area contributed by atoms with Crippen LogP contribution in [-0.2, 0) is 4.79 Å². The summed E-state index contributed by atoms with van der Waals surface area (Å²) in [6.07, 6.45) is -1.17. The fourth-order valence-electron chi connectivity index (χ4n) is 2.17. The zero-order valence-corrected chi connectivity index (χ0v) is 12.9. The summed E-state index contributed by atoms with van der Waals surface area (Å²) in [4.78, 5) is 23.6. The maximum Gasteiger partial charge on any atom is 0.268 e. The number of phenols is 1. The first-order chi connectivity index (χ1) is 11.4. The lowest BCUT2D eigenvalue weighted by atomic mass is 10.0. The lowest BCUT2D eigenvalue weighted by molar-refractivity contribution is -0.133. The molecule has 0 saturated heterocycles. The van der Waals surface area contributed by atoms with Gasteiger partial charge in [-0.25, -0.2) is 5.48 Å². The summed E-state index contributed by atoms with van der Waals surface area (Å²) in [6, 6.07) is 12.0. The maximum atomic E-state index is 12.2. The Hall–Kier alpha value is -2.90. The summed E-state index contributed by atoms with van der Waals surface area (Å²) in [5.41, 5.74) is 3.43. The number of hydrogen-bond acceptors (Lipinski definition) is 5. The third-order valence-corrected chi connectivity index (χ3v) is 3.51. The fraction of sp³-hybridized carbons (Fsp3) is 0.222. The second kappa shape index (κ2) is 8.81. The molecule has 0 saturated carbocycles. The van der Waals surface area contributed by atoms with Gasteiger partial charge in [0.1, 0.15) is 11.8 Å². The van der Waals surface area contributed by atoms with Crippen LogP contribution in [0.15, 0.2) is 48.5 Å². The van der Waals surface area contributed by atoms with Crippen molar-refractivity contribution in [1.82, 2.24) is 10.8 Å². The number of hydroxylamine groups is 1. The van der Waals surface area contributed by atoms with E-state index in [0.717, 1.165) is 11.1 Å². The molecule has 2 atom stereocenters. The predicted octanol–water partition coefficient (Wildman–Crippen LogP) is 1.68. The maximum absolute atomic E-state index is 12.2. The molecule has 7 nitrogen and oxygen atoms in total. The molecule has 0 unspecified atom stereocenters. The van der Waals surface area contributed by atoms with Gasteiger partial charge in [-0.05, 0) is 42.3 Å². The van der Waals surface area contributed by atoms with Crippen LogP contribution in [0.1, 0.15) is 24.7 Å². The lowest BCUT2D eigenvalue weighted by Gasteiger charge is -2.19. The van der Waals surface area contributed by atoms with E-state index in [4.69, 9.17) is 5.21 Å². The van der Waals surface area contributed by atoms with Gasteiger partial charge in [-0.2, -0.15) is 0 Å². The van der Waals surface area contributed by atoms with Gasteiger partial charge >= 0.3 is 0 Å². The Kier molecular flexibility index (Phi) is 7.10. The second-order valence-electron chi connectivity index (χ2n) is 5.29. The first kappa shape index (κ1) is 20.1. The second-order valence-corrected chi connectivity index (χ2v) is 5.29. The number of carbonyl (C=O) groups is 2. The molecule has 0 fully saturated rings. The van der Waals surface area contributed by atoms with Crippen molar-refractivity contribution in [3.63, 3.8) is 0 Å². The van der Waals surface area contributed by atoms with E-state index in [1.807, 2.05) is 0 Å². The molecule has 0 radical (unpaired) electrons. The third kappa shape index (κ3) is 5.03. The van der Waals surface area contributed by atoms with E-state index < -0.39 is 24.0 Å². The van der Waals surface area contributed by atoms with E-state index in [-0.39, 0.29) is 13.2 Å².